The molecule has 0 radical (unpaired) electrons. The number of H-pyrrole nitrogens is 2. The summed E-state index contributed by atoms with van der Waals surface area (Å²) in [4.78, 5) is 30.1. The van der Waals surface area contributed by atoms with Crippen molar-refractivity contribution in [3.05, 3.63) is 193 Å². The molecule has 2 aliphatic heterocycles. The maximum atomic E-state index is 5.59. The van der Waals surface area contributed by atoms with Gasteiger partial charge in [0.25, 0.3) is 0 Å². The van der Waals surface area contributed by atoms with Crippen molar-refractivity contribution in [1.82, 2.24) is 29.9 Å². The average Bonchev–Trinajstić information content (AvgIpc) is 4.25. The van der Waals surface area contributed by atoms with Crippen LogP contribution in [-0.4, -0.2) is 51.2 Å². The van der Waals surface area contributed by atoms with Gasteiger partial charge < -0.3 is 24.2 Å². The van der Waals surface area contributed by atoms with Gasteiger partial charge in [-0.1, -0.05) is 60.7 Å². The monoisotopic (exact) mass is 873 g/mol. The topological polar surface area (TPSA) is 114 Å². The SMILES string of the molecule is COc1ccc(-c2c3nc(c(-c4ccc(OC)cc4)c4ccc([nH]4)c(-c4ccc(N(c5ccccn5)c5ccccn5)cc4)c4nc(c(-c5ccc(OC)cc5)c5ccc2[nH]5)C=C4)C=C3)cc1. The Morgan fingerprint density at radius 2 is 0.672 bits per heavy atom. The van der Waals surface area contributed by atoms with Gasteiger partial charge in [-0.2, -0.15) is 0 Å². The summed E-state index contributed by atoms with van der Waals surface area (Å²) >= 11 is 0. The lowest BCUT2D eigenvalue weighted by Crippen LogP contribution is -2.12. The number of ether oxygens (including phenoxy) is 3. The van der Waals surface area contributed by atoms with E-state index >= 15 is 0 Å². The van der Waals surface area contributed by atoms with E-state index in [0.717, 1.165) is 124 Å². The van der Waals surface area contributed by atoms with Crippen molar-refractivity contribution < 1.29 is 14.2 Å². The highest BCUT2D eigenvalue weighted by Gasteiger charge is 2.21. The molecular formula is C57H43N7O3. The number of pyridine rings is 2. The molecule has 2 N–H and O–H groups in total. The Hall–Kier alpha value is -9.02. The van der Waals surface area contributed by atoms with Gasteiger partial charge in [-0.15, -0.1) is 0 Å². The third kappa shape index (κ3) is 7.76. The molecule has 0 unspecified atom stereocenters. The summed E-state index contributed by atoms with van der Waals surface area (Å²) in [5, 5.41) is 0. The molecule has 7 heterocycles. The zero-order valence-electron chi connectivity index (χ0n) is 36.9. The maximum absolute atomic E-state index is 5.59. The average molecular weight is 874 g/mol. The van der Waals surface area contributed by atoms with Crippen molar-refractivity contribution in [2.24, 2.45) is 0 Å². The number of nitrogens with zero attached hydrogens (tertiary/aromatic N) is 5. The molecule has 0 spiro atoms. The van der Waals surface area contributed by atoms with Gasteiger partial charge in [-0.25, -0.2) is 19.9 Å². The maximum Gasteiger partial charge on any atom is 0.138 e. The molecule has 0 saturated heterocycles. The van der Waals surface area contributed by atoms with E-state index in [1.54, 1.807) is 33.7 Å². The van der Waals surface area contributed by atoms with Crippen molar-refractivity contribution in [2.45, 2.75) is 0 Å². The molecular weight excluding hydrogens is 831 g/mol. The second-order valence-electron chi connectivity index (χ2n) is 15.9. The second-order valence-corrected chi connectivity index (χ2v) is 15.9. The van der Waals surface area contributed by atoms with Crippen LogP contribution in [0, 0.1) is 0 Å². The van der Waals surface area contributed by atoms with E-state index in [1.807, 2.05) is 72.8 Å². The molecule has 0 atom stereocenters. The highest BCUT2D eigenvalue weighted by molar-refractivity contribution is 6.00. The van der Waals surface area contributed by atoms with Crippen molar-refractivity contribution in [3.63, 3.8) is 0 Å². The molecule has 67 heavy (non-hydrogen) atoms. The summed E-state index contributed by atoms with van der Waals surface area (Å²) in [6.45, 7) is 0. The molecule has 0 aliphatic carbocycles. The van der Waals surface area contributed by atoms with Gasteiger partial charge in [0, 0.05) is 62.4 Å². The van der Waals surface area contributed by atoms with Crippen LogP contribution >= 0.6 is 0 Å². The Morgan fingerprint density at radius 3 is 0.955 bits per heavy atom. The first-order valence-electron chi connectivity index (χ1n) is 21.9. The Balaban J connectivity index is 1.21. The van der Waals surface area contributed by atoms with Gasteiger partial charge in [0.2, 0.25) is 0 Å². The van der Waals surface area contributed by atoms with Crippen LogP contribution in [0.2, 0.25) is 0 Å². The third-order valence-corrected chi connectivity index (χ3v) is 12.1. The zero-order valence-corrected chi connectivity index (χ0v) is 36.9. The number of anilines is 3. The minimum absolute atomic E-state index is 0.760. The zero-order chi connectivity index (χ0) is 45.3. The lowest BCUT2D eigenvalue weighted by atomic mass is 10.0. The lowest BCUT2D eigenvalue weighted by Gasteiger charge is -2.23. The summed E-state index contributed by atoms with van der Waals surface area (Å²) in [6, 6.07) is 53.1. The van der Waals surface area contributed by atoms with Crippen molar-refractivity contribution in [2.75, 3.05) is 26.2 Å². The first kappa shape index (κ1) is 40.7. The highest BCUT2D eigenvalue weighted by atomic mass is 16.5. The lowest BCUT2D eigenvalue weighted by molar-refractivity contribution is 0.415. The highest BCUT2D eigenvalue weighted by Crippen LogP contribution is 2.40. The number of aromatic nitrogens is 6. The number of aromatic amines is 2. The molecule has 11 rings (SSSR count). The van der Waals surface area contributed by atoms with Crippen molar-refractivity contribution in [1.29, 1.82) is 0 Å². The van der Waals surface area contributed by atoms with Gasteiger partial charge in [0.15, 0.2) is 0 Å². The molecule has 0 saturated carbocycles. The fourth-order valence-corrected chi connectivity index (χ4v) is 8.82. The minimum atomic E-state index is 0.760. The smallest absolute Gasteiger partial charge is 0.138 e. The number of rotatable bonds is 10. The molecule has 2 aliphatic rings. The third-order valence-electron chi connectivity index (χ3n) is 12.1. The molecule has 4 aromatic carbocycles. The minimum Gasteiger partial charge on any atom is -0.497 e. The standard InChI is InChI=1S/C57H43N7O3/c1-65-41-20-12-37(13-21-41)55-46-28-26-44(60-46)54(36-10-18-40(19-11-36)64(52-8-4-6-34-58-52)53-9-5-7-35-59-53)45-27-29-47(61-45)56(38-14-22-42(66-2)23-15-38)49-31-33-51(63-49)57(50-32-30-48(55)62-50)39-16-24-43(67-3)25-17-39/h4-35,60,63H,1-3H3. The van der Waals surface area contributed by atoms with Crippen LogP contribution in [-0.2, 0) is 0 Å². The van der Waals surface area contributed by atoms with E-state index in [1.165, 1.54) is 0 Å². The number of hydrogen-bond acceptors (Lipinski definition) is 8. The van der Waals surface area contributed by atoms with Crippen LogP contribution in [0.3, 0.4) is 0 Å². The Bertz CT molecular complexity index is 3410. The number of methoxy groups -OCH3 is 3. The fraction of sp³-hybridized carbons (Fsp3) is 0.0526. The van der Waals surface area contributed by atoms with E-state index in [2.05, 4.69) is 124 Å². The van der Waals surface area contributed by atoms with Gasteiger partial charge in [-0.05, 0) is 144 Å². The predicted molar refractivity (Wildman–Crippen MR) is 271 cm³/mol. The normalized spacial score (nSPS) is 11.7. The largest absolute Gasteiger partial charge is 0.497 e. The van der Waals surface area contributed by atoms with Crippen LogP contribution in [0.5, 0.6) is 17.2 Å². The van der Waals surface area contributed by atoms with Crippen LogP contribution in [0.15, 0.2) is 170 Å². The molecule has 324 valence electrons. The van der Waals surface area contributed by atoms with Crippen LogP contribution in [0.4, 0.5) is 17.3 Å². The van der Waals surface area contributed by atoms with Gasteiger partial charge in [0.1, 0.15) is 28.9 Å². The molecule has 0 amide bonds. The van der Waals surface area contributed by atoms with E-state index < -0.39 is 0 Å². The summed E-state index contributed by atoms with van der Waals surface area (Å²) in [7, 11) is 5.04. The van der Waals surface area contributed by atoms with E-state index in [-0.39, 0.29) is 0 Å². The van der Waals surface area contributed by atoms with E-state index in [4.69, 9.17) is 34.1 Å². The van der Waals surface area contributed by atoms with Crippen LogP contribution in [0.1, 0.15) is 22.8 Å². The van der Waals surface area contributed by atoms with Gasteiger partial charge in [-0.3, -0.25) is 4.90 Å². The number of hydrogen-bond donors (Lipinski definition) is 2. The molecule has 10 nitrogen and oxygen atoms in total. The van der Waals surface area contributed by atoms with Gasteiger partial charge in [0.05, 0.1) is 44.1 Å². The summed E-state index contributed by atoms with van der Waals surface area (Å²) in [5.41, 5.74) is 15.4. The second kappa shape index (κ2) is 17.5. The number of fused-ring (bicyclic) bond motifs is 8. The Labute approximate surface area is 387 Å². The predicted octanol–water partition coefficient (Wildman–Crippen LogP) is 13.6. The van der Waals surface area contributed by atoms with Gasteiger partial charge >= 0.3 is 0 Å². The van der Waals surface area contributed by atoms with Crippen molar-refractivity contribution in [3.8, 4) is 61.8 Å². The summed E-state index contributed by atoms with van der Waals surface area (Å²) < 4.78 is 16.7. The first-order valence-corrected chi connectivity index (χ1v) is 21.9. The van der Waals surface area contributed by atoms with Crippen LogP contribution < -0.4 is 19.1 Å². The molecule has 9 aromatic rings. The first-order chi connectivity index (χ1) is 33.0. The Morgan fingerprint density at radius 1 is 0.358 bits per heavy atom. The quantitative estimate of drug-likeness (QED) is 0.140. The molecule has 5 aromatic heterocycles. The van der Waals surface area contributed by atoms with Crippen molar-refractivity contribution >= 4 is 63.7 Å². The van der Waals surface area contributed by atoms with E-state index in [9.17, 15) is 0 Å². The molecule has 8 bridgehead atoms. The molecule has 10 heteroatoms. The number of nitrogens with one attached hydrogen (secondary N) is 2. The van der Waals surface area contributed by atoms with E-state index in [0.29, 0.717) is 0 Å². The summed E-state index contributed by atoms with van der Waals surface area (Å²) in [6.07, 6.45) is 12.0. The summed E-state index contributed by atoms with van der Waals surface area (Å²) in [5.74, 6) is 3.83. The number of benzene rings is 4. The Kier molecular flexibility index (Phi) is 10.6. The fourth-order valence-electron chi connectivity index (χ4n) is 8.82. The molecule has 0 fully saturated rings. The van der Waals surface area contributed by atoms with Crippen LogP contribution in [0.25, 0.3) is 90.9 Å².